The molecule has 1 aromatic carbocycles. The number of aromatic nitrogens is 2. The van der Waals surface area contributed by atoms with Gasteiger partial charge in [0.2, 0.25) is 11.0 Å². The van der Waals surface area contributed by atoms with Gasteiger partial charge in [0, 0.05) is 23.8 Å². The molecule has 0 saturated carbocycles. The van der Waals surface area contributed by atoms with E-state index < -0.39 is 0 Å². The van der Waals surface area contributed by atoms with Gasteiger partial charge < -0.3 is 15.0 Å². The molecule has 1 saturated heterocycles. The van der Waals surface area contributed by atoms with Crippen LogP contribution in [-0.4, -0.2) is 47.7 Å². The molecule has 1 aromatic heterocycles. The van der Waals surface area contributed by atoms with Crippen molar-refractivity contribution >= 4 is 51.4 Å². The molecule has 1 atom stereocenters. The highest BCUT2D eigenvalue weighted by molar-refractivity contribution is 8.02. The predicted octanol–water partition coefficient (Wildman–Crippen LogP) is 3.15. The molecule has 3 rings (SSSR count). The minimum atomic E-state index is -0.283. The largest absolute Gasteiger partial charge is 0.378 e. The number of halogens is 1. The number of hydrogen-bond acceptors (Lipinski definition) is 7. The normalized spacial score (nSPS) is 16.0. The molecule has 0 radical (unpaired) electrons. The van der Waals surface area contributed by atoms with Crippen LogP contribution in [0.4, 0.5) is 10.8 Å². The summed E-state index contributed by atoms with van der Waals surface area (Å²) in [4.78, 5) is 14.4. The molecule has 6 nitrogen and oxygen atoms in total. The Morgan fingerprint density at radius 2 is 2.21 bits per heavy atom. The average Bonchev–Trinajstić information content (AvgIpc) is 3.04. The molecule has 1 aliphatic rings. The summed E-state index contributed by atoms with van der Waals surface area (Å²) in [6, 6.07) is 7.10. The van der Waals surface area contributed by atoms with Crippen molar-refractivity contribution in [3.05, 3.63) is 29.3 Å². The maximum absolute atomic E-state index is 12.3. The molecule has 1 N–H and O–H groups in total. The van der Waals surface area contributed by atoms with E-state index in [9.17, 15) is 4.79 Å². The third-order valence-corrected chi connectivity index (χ3v) is 5.82. The molecule has 0 spiro atoms. The van der Waals surface area contributed by atoms with Crippen LogP contribution in [0.15, 0.2) is 28.6 Å². The molecule has 2 heterocycles. The van der Waals surface area contributed by atoms with Gasteiger partial charge in [-0.15, -0.1) is 10.2 Å². The van der Waals surface area contributed by atoms with Gasteiger partial charge in [0.25, 0.3) is 0 Å². The van der Waals surface area contributed by atoms with Crippen LogP contribution >= 0.6 is 34.7 Å². The van der Waals surface area contributed by atoms with Crippen molar-refractivity contribution < 1.29 is 9.53 Å². The van der Waals surface area contributed by atoms with E-state index in [1.807, 2.05) is 13.0 Å². The number of nitrogens with zero attached hydrogens (tertiary/aromatic N) is 3. The van der Waals surface area contributed by atoms with Gasteiger partial charge in [0.05, 0.1) is 18.5 Å². The summed E-state index contributed by atoms with van der Waals surface area (Å²) >= 11 is 8.83. The molecule has 9 heteroatoms. The second kappa shape index (κ2) is 8.15. The van der Waals surface area contributed by atoms with Crippen molar-refractivity contribution in [3.63, 3.8) is 0 Å². The zero-order valence-corrected chi connectivity index (χ0v) is 15.5. The third-order valence-electron chi connectivity index (χ3n) is 3.42. The number of benzene rings is 1. The van der Waals surface area contributed by atoms with Gasteiger partial charge in [0.15, 0.2) is 4.34 Å². The van der Waals surface area contributed by atoms with Gasteiger partial charge in [-0.25, -0.2) is 0 Å². The number of ether oxygens (including phenoxy) is 1. The summed E-state index contributed by atoms with van der Waals surface area (Å²) in [6.45, 7) is 4.91. The maximum Gasteiger partial charge on any atom is 0.237 e. The lowest BCUT2D eigenvalue weighted by Crippen LogP contribution is -2.36. The van der Waals surface area contributed by atoms with Crippen molar-refractivity contribution in [2.45, 2.75) is 16.5 Å². The first kappa shape index (κ1) is 17.5. The first-order chi connectivity index (χ1) is 11.6. The number of anilines is 2. The van der Waals surface area contributed by atoms with E-state index in [1.165, 1.54) is 23.1 Å². The summed E-state index contributed by atoms with van der Waals surface area (Å²) in [5, 5.41) is 12.4. The zero-order chi connectivity index (χ0) is 16.9. The van der Waals surface area contributed by atoms with Gasteiger partial charge >= 0.3 is 0 Å². The number of amides is 1. The van der Waals surface area contributed by atoms with Crippen molar-refractivity contribution in [1.82, 2.24) is 10.2 Å². The van der Waals surface area contributed by atoms with Gasteiger partial charge in [-0.1, -0.05) is 40.8 Å². The van der Waals surface area contributed by atoms with Crippen LogP contribution in [0.1, 0.15) is 6.92 Å². The molecule has 24 heavy (non-hydrogen) atoms. The molecule has 1 amide bonds. The third kappa shape index (κ3) is 4.60. The lowest BCUT2D eigenvalue weighted by Gasteiger charge is -2.25. The Hall–Kier alpha value is -1.35. The fourth-order valence-electron chi connectivity index (χ4n) is 2.15. The monoisotopic (exact) mass is 384 g/mol. The zero-order valence-electron chi connectivity index (χ0n) is 13.1. The summed E-state index contributed by atoms with van der Waals surface area (Å²) in [7, 11) is 0. The summed E-state index contributed by atoms with van der Waals surface area (Å²) < 4.78 is 6.12. The fraction of sp³-hybridized carbons (Fsp3) is 0.400. The van der Waals surface area contributed by atoms with Crippen LogP contribution in [0.5, 0.6) is 0 Å². The van der Waals surface area contributed by atoms with Crippen LogP contribution in [0.2, 0.25) is 5.02 Å². The minimum Gasteiger partial charge on any atom is -0.378 e. The molecular weight excluding hydrogens is 368 g/mol. The minimum absolute atomic E-state index is 0.0922. The predicted molar refractivity (Wildman–Crippen MR) is 98.3 cm³/mol. The number of hydrogen-bond donors (Lipinski definition) is 1. The quantitative estimate of drug-likeness (QED) is 0.799. The van der Waals surface area contributed by atoms with E-state index >= 15 is 0 Å². The average molecular weight is 385 g/mol. The lowest BCUT2D eigenvalue weighted by molar-refractivity contribution is -0.115. The van der Waals surface area contributed by atoms with E-state index in [0.29, 0.717) is 23.9 Å². The summed E-state index contributed by atoms with van der Waals surface area (Å²) in [6.07, 6.45) is 0. The molecule has 128 valence electrons. The SMILES string of the molecule is CC(Sc1nnc(N2CCOCC2)s1)C(=O)Nc1cccc(Cl)c1. The Morgan fingerprint density at radius 1 is 1.42 bits per heavy atom. The smallest absolute Gasteiger partial charge is 0.237 e. The van der Waals surface area contributed by atoms with Gasteiger partial charge in [-0.3, -0.25) is 4.79 Å². The Kier molecular flexibility index (Phi) is 5.94. The van der Waals surface area contributed by atoms with E-state index in [0.717, 1.165) is 22.6 Å². The number of nitrogens with one attached hydrogen (secondary N) is 1. The summed E-state index contributed by atoms with van der Waals surface area (Å²) in [5.74, 6) is -0.0922. The van der Waals surface area contributed by atoms with Crippen molar-refractivity contribution in [1.29, 1.82) is 0 Å². The molecule has 2 aromatic rings. The van der Waals surface area contributed by atoms with Crippen LogP contribution in [0, 0.1) is 0 Å². The second-order valence-electron chi connectivity index (χ2n) is 5.21. The van der Waals surface area contributed by atoms with Crippen LogP contribution in [0.25, 0.3) is 0 Å². The van der Waals surface area contributed by atoms with Crippen LogP contribution in [-0.2, 0) is 9.53 Å². The van der Waals surface area contributed by atoms with Crippen LogP contribution in [0.3, 0.4) is 0 Å². The Bertz CT molecular complexity index is 706. The number of carbonyl (C=O) groups is 1. The molecule has 0 aliphatic carbocycles. The fourth-order valence-corrected chi connectivity index (χ4v) is 4.37. The molecule has 0 bridgehead atoms. The molecule has 1 fully saturated rings. The Morgan fingerprint density at radius 3 is 2.96 bits per heavy atom. The molecule has 1 aliphatic heterocycles. The van der Waals surface area contributed by atoms with E-state index in [1.54, 1.807) is 18.2 Å². The van der Waals surface area contributed by atoms with Crippen molar-refractivity contribution in [3.8, 4) is 0 Å². The Labute approximate surface area is 153 Å². The molecule has 1 unspecified atom stereocenters. The highest BCUT2D eigenvalue weighted by Gasteiger charge is 2.20. The standard InChI is InChI=1S/C15H17ClN4O2S2/c1-10(13(21)17-12-4-2-3-11(16)9-12)23-15-19-18-14(24-15)20-5-7-22-8-6-20/h2-4,9-10H,5-8H2,1H3,(H,17,21). The molecular formula is C15H17ClN4O2S2. The highest BCUT2D eigenvalue weighted by atomic mass is 35.5. The van der Waals surface area contributed by atoms with E-state index in [4.69, 9.17) is 16.3 Å². The van der Waals surface area contributed by atoms with E-state index in [-0.39, 0.29) is 11.2 Å². The highest BCUT2D eigenvalue weighted by Crippen LogP contribution is 2.31. The number of rotatable bonds is 5. The topological polar surface area (TPSA) is 67.3 Å². The van der Waals surface area contributed by atoms with Gasteiger partial charge in [-0.2, -0.15) is 0 Å². The second-order valence-corrected chi connectivity index (χ2v) is 8.19. The Balaban J connectivity index is 1.57. The van der Waals surface area contributed by atoms with Crippen molar-refractivity contribution in [2.24, 2.45) is 0 Å². The maximum atomic E-state index is 12.3. The van der Waals surface area contributed by atoms with E-state index in [2.05, 4.69) is 20.4 Å². The first-order valence-electron chi connectivity index (χ1n) is 7.51. The number of carbonyl (C=O) groups excluding carboxylic acids is 1. The van der Waals surface area contributed by atoms with Crippen molar-refractivity contribution in [2.75, 3.05) is 36.5 Å². The number of thioether (sulfide) groups is 1. The van der Waals surface area contributed by atoms with Gasteiger partial charge in [0.1, 0.15) is 0 Å². The van der Waals surface area contributed by atoms with Crippen LogP contribution < -0.4 is 10.2 Å². The van der Waals surface area contributed by atoms with Gasteiger partial charge in [-0.05, 0) is 25.1 Å². The lowest BCUT2D eigenvalue weighted by atomic mass is 10.3. The summed E-state index contributed by atoms with van der Waals surface area (Å²) in [5.41, 5.74) is 0.686. The number of morpholine rings is 1. The first-order valence-corrected chi connectivity index (χ1v) is 9.58.